The number of azo groups is 1. The highest BCUT2D eigenvalue weighted by atomic mass is 16.5. The Hall–Kier alpha value is -2.49. The summed E-state index contributed by atoms with van der Waals surface area (Å²) in [6, 6.07) is 18.0. The maximum absolute atomic E-state index is 11.0. The molecule has 0 aliphatic rings. The van der Waals surface area contributed by atoms with E-state index in [9.17, 15) is 4.79 Å². The van der Waals surface area contributed by atoms with Gasteiger partial charge < -0.3 is 4.74 Å². The van der Waals surface area contributed by atoms with Crippen molar-refractivity contribution in [3.05, 3.63) is 60.2 Å². The lowest BCUT2D eigenvalue weighted by Crippen LogP contribution is -2.03. The second-order valence-electron chi connectivity index (χ2n) is 5.94. The predicted octanol–water partition coefficient (Wildman–Crippen LogP) is 6.16. The molecular weight excluding hydrogens is 312 g/mol. The van der Waals surface area contributed by atoms with Crippen molar-refractivity contribution in [2.45, 2.75) is 45.4 Å². The summed E-state index contributed by atoms with van der Waals surface area (Å²) in [6.45, 7) is 2.37. The third-order valence-corrected chi connectivity index (χ3v) is 3.88. The van der Waals surface area contributed by atoms with E-state index in [-0.39, 0.29) is 5.97 Å². The highest BCUT2D eigenvalue weighted by Crippen LogP contribution is 2.19. The number of ether oxygens (including phenoxy) is 1. The molecule has 0 aliphatic carbocycles. The van der Waals surface area contributed by atoms with Crippen molar-refractivity contribution >= 4 is 17.3 Å². The fourth-order valence-corrected chi connectivity index (χ4v) is 2.41. The average molecular weight is 338 g/mol. The van der Waals surface area contributed by atoms with Crippen molar-refractivity contribution in [3.63, 3.8) is 0 Å². The summed E-state index contributed by atoms with van der Waals surface area (Å²) in [6.07, 6.45) is 5.86. The molecule has 0 aliphatic heterocycles. The topological polar surface area (TPSA) is 51.0 Å². The van der Waals surface area contributed by atoms with Gasteiger partial charge in [-0.1, -0.05) is 50.1 Å². The van der Waals surface area contributed by atoms with Gasteiger partial charge in [0.1, 0.15) is 0 Å². The molecule has 0 unspecified atom stereocenters. The Morgan fingerprint density at radius 1 is 0.840 bits per heavy atom. The zero-order valence-electron chi connectivity index (χ0n) is 14.9. The summed E-state index contributed by atoms with van der Waals surface area (Å²) in [5.41, 5.74) is 3.04. The van der Waals surface area contributed by atoms with Crippen molar-refractivity contribution in [2.24, 2.45) is 10.2 Å². The van der Waals surface area contributed by atoms with Crippen LogP contribution in [0.1, 0.15) is 44.6 Å². The number of hydrogen-bond donors (Lipinski definition) is 0. The van der Waals surface area contributed by atoms with Crippen molar-refractivity contribution in [3.8, 4) is 0 Å². The van der Waals surface area contributed by atoms with Crippen LogP contribution in [0.3, 0.4) is 0 Å². The minimum Gasteiger partial charge on any atom is -0.466 e. The average Bonchev–Trinajstić information content (AvgIpc) is 2.67. The first kappa shape index (κ1) is 18.8. The number of nitrogens with zero attached hydrogens (tertiary/aromatic N) is 2. The molecule has 132 valence electrons. The van der Waals surface area contributed by atoms with Gasteiger partial charge in [-0.15, -0.1) is 0 Å². The Kier molecular flexibility index (Phi) is 8.39. The van der Waals surface area contributed by atoms with E-state index in [0.717, 1.165) is 43.5 Å². The number of esters is 1. The van der Waals surface area contributed by atoms with Crippen LogP contribution in [0, 0.1) is 0 Å². The minimum absolute atomic E-state index is 0.107. The standard InChI is InChI=1S/C21H26N2O2/c1-2-21(24)25-17-9-4-3-6-10-18-13-15-20(16-14-18)23-22-19-11-7-5-8-12-19/h5,7-8,11-16H,2-4,6,9-10,17H2,1H3. The molecular formula is C21H26N2O2. The highest BCUT2D eigenvalue weighted by molar-refractivity contribution is 5.68. The smallest absolute Gasteiger partial charge is 0.305 e. The highest BCUT2D eigenvalue weighted by Gasteiger charge is 1.98. The lowest BCUT2D eigenvalue weighted by molar-refractivity contribution is -0.143. The van der Waals surface area contributed by atoms with E-state index in [1.807, 2.05) is 49.4 Å². The minimum atomic E-state index is -0.107. The molecule has 0 radical (unpaired) electrons. The first-order valence-corrected chi connectivity index (χ1v) is 8.99. The second-order valence-corrected chi connectivity index (χ2v) is 5.94. The van der Waals surface area contributed by atoms with Gasteiger partial charge in [0.2, 0.25) is 0 Å². The summed E-state index contributed by atoms with van der Waals surface area (Å²) >= 11 is 0. The Labute approximate surface area is 149 Å². The van der Waals surface area contributed by atoms with Gasteiger partial charge in [-0.25, -0.2) is 0 Å². The van der Waals surface area contributed by atoms with Crippen molar-refractivity contribution < 1.29 is 9.53 Å². The maximum Gasteiger partial charge on any atom is 0.305 e. The van der Waals surface area contributed by atoms with E-state index in [0.29, 0.717) is 13.0 Å². The van der Waals surface area contributed by atoms with E-state index in [2.05, 4.69) is 22.4 Å². The van der Waals surface area contributed by atoms with Gasteiger partial charge in [0.15, 0.2) is 0 Å². The number of carbonyl (C=O) groups is 1. The SMILES string of the molecule is CCC(=O)OCCCCCCc1ccc(N=Nc2ccccc2)cc1. The molecule has 0 atom stereocenters. The van der Waals surface area contributed by atoms with E-state index in [4.69, 9.17) is 4.74 Å². The van der Waals surface area contributed by atoms with E-state index >= 15 is 0 Å². The number of carbonyl (C=O) groups excluding carboxylic acids is 1. The number of unbranched alkanes of at least 4 members (excludes halogenated alkanes) is 3. The molecule has 2 aromatic carbocycles. The molecule has 2 rings (SSSR count). The van der Waals surface area contributed by atoms with Crippen molar-refractivity contribution in [2.75, 3.05) is 6.61 Å². The van der Waals surface area contributed by atoms with Crippen LogP contribution in [-0.4, -0.2) is 12.6 Å². The summed E-state index contributed by atoms with van der Waals surface area (Å²) in [7, 11) is 0. The van der Waals surface area contributed by atoms with Gasteiger partial charge in [-0.2, -0.15) is 10.2 Å². The molecule has 0 fully saturated rings. The van der Waals surface area contributed by atoms with Gasteiger partial charge in [0.05, 0.1) is 18.0 Å². The van der Waals surface area contributed by atoms with Gasteiger partial charge in [-0.3, -0.25) is 4.79 Å². The quantitative estimate of drug-likeness (QED) is 0.296. The lowest BCUT2D eigenvalue weighted by Gasteiger charge is -2.04. The molecule has 0 spiro atoms. The Balaban J connectivity index is 1.63. The van der Waals surface area contributed by atoms with Crippen molar-refractivity contribution in [1.82, 2.24) is 0 Å². The first-order chi connectivity index (χ1) is 12.3. The van der Waals surface area contributed by atoms with E-state index in [1.54, 1.807) is 0 Å². The van der Waals surface area contributed by atoms with Crippen molar-refractivity contribution in [1.29, 1.82) is 0 Å². The van der Waals surface area contributed by atoms with Gasteiger partial charge >= 0.3 is 5.97 Å². The first-order valence-electron chi connectivity index (χ1n) is 8.99. The van der Waals surface area contributed by atoms with Gasteiger partial charge in [0.25, 0.3) is 0 Å². The van der Waals surface area contributed by atoms with Crippen LogP contribution < -0.4 is 0 Å². The molecule has 25 heavy (non-hydrogen) atoms. The predicted molar refractivity (Wildman–Crippen MR) is 100 cm³/mol. The van der Waals surface area contributed by atoms with Crippen LogP contribution in [0.2, 0.25) is 0 Å². The molecule has 0 heterocycles. The molecule has 4 heteroatoms. The van der Waals surface area contributed by atoms with Crippen LogP contribution in [0.4, 0.5) is 11.4 Å². The molecule has 4 nitrogen and oxygen atoms in total. The Morgan fingerprint density at radius 3 is 2.16 bits per heavy atom. The van der Waals surface area contributed by atoms with Crippen LogP contribution in [0.25, 0.3) is 0 Å². The molecule has 0 aromatic heterocycles. The summed E-state index contributed by atoms with van der Waals surface area (Å²) in [5.74, 6) is -0.107. The maximum atomic E-state index is 11.0. The van der Waals surface area contributed by atoms with Gasteiger partial charge in [0, 0.05) is 6.42 Å². The molecule has 0 amide bonds. The summed E-state index contributed by atoms with van der Waals surface area (Å²) in [4.78, 5) is 11.0. The molecule has 0 N–H and O–H groups in total. The van der Waals surface area contributed by atoms with Gasteiger partial charge in [-0.05, 0) is 49.1 Å². The third-order valence-electron chi connectivity index (χ3n) is 3.88. The Morgan fingerprint density at radius 2 is 1.48 bits per heavy atom. The Bertz CT molecular complexity index is 651. The number of benzene rings is 2. The molecule has 0 saturated carbocycles. The molecule has 0 saturated heterocycles. The number of rotatable bonds is 10. The zero-order valence-corrected chi connectivity index (χ0v) is 14.9. The normalized spacial score (nSPS) is 10.9. The van der Waals surface area contributed by atoms with Crippen LogP contribution >= 0.6 is 0 Å². The number of aryl methyl sites for hydroxylation is 1. The number of hydrogen-bond acceptors (Lipinski definition) is 4. The lowest BCUT2D eigenvalue weighted by atomic mass is 10.1. The van der Waals surface area contributed by atoms with E-state index in [1.165, 1.54) is 5.56 Å². The van der Waals surface area contributed by atoms with Crippen LogP contribution in [-0.2, 0) is 16.0 Å². The fraction of sp³-hybridized carbons (Fsp3) is 0.381. The monoisotopic (exact) mass is 338 g/mol. The molecule has 2 aromatic rings. The zero-order chi connectivity index (χ0) is 17.7. The molecule has 0 bridgehead atoms. The third kappa shape index (κ3) is 7.75. The second kappa shape index (κ2) is 11.1. The largest absolute Gasteiger partial charge is 0.466 e. The fourth-order valence-electron chi connectivity index (χ4n) is 2.41. The van der Waals surface area contributed by atoms with E-state index < -0.39 is 0 Å². The van der Waals surface area contributed by atoms with Crippen LogP contribution in [0.15, 0.2) is 64.8 Å². The summed E-state index contributed by atoms with van der Waals surface area (Å²) in [5, 5.41) is 8.47. The summed E-state index contributed by atoms with van der Waals surface area (Å²) < 4.78 is 5.07. The van der Waals surface area contributed by atoms with Crippen LogP contribution in [0.5, 0.6) is 0 Å².